The SMILES string of the molecule is CC(C)c1cccc(C(C)C)c1NC(=O)CCN1C(=O)[C@H]2CC=CC[C@H]2C1=O. The van der Waals surface area contributed by atoms with Gasteiger partial charge in [-0.2, -0.15) is 0 Å². The molecule has 0 bridgehead atoms. The Morgan fingerprint density at radius 3 is 1.96 bits per heavy atom. The van der Waals surface area contributed by atoms with E-state index in [2.05, 4.69) is 33.0 Å². The highest BCUT2D eigenvalue weighted by molar-refractivity contribution is 6.06. The molecule has 1 aromatic carbocycles. The van der Waals surface area contributed by atoms with Crippen LogP contribution in [-0.4, -0.2) is 29.2 Å². The predicted octanol–water partition coefficient (Wildman–Crippen LogP) is 4.21. The van der Waals surface area contributed by atoms with Crippen LogP contribution in [0, 0.1) is 11.8 Å². The van der Waals surface area contributed by atoms with Gasteiger partial charge in [0.15, 0.2) is 0 Å². The molecule has 1 heterocycles. The summed E-state index contributed by atoms with van der Waals surface area (Å²) in [5.41, 5.74) is 3.07. The number of hydrogen-bond acceptors (Lipinski definition) is 3. The molecule has 1 aliphatic carbocycles. The van der Waals surface area contributed by atoms with Gasteiger partial charge in [-0.15, -0.1) is 0 Å². The lowest BCUT2D eigenvalue weighted by molar-refractivity contribution is -0.140. The van der Waals surface area contributed by atoms with E-state index in [4.69, 9.17) is 0 Å². The quantitative estimate of drug-likeness (QED) is 0.592. The maximum absolute atomic E-state index is 12.7. The Bertz CT molecular complexity index is 758. The molecule has 0 saturated carbocycles. The van der Waals surface area contributed by atoms with E-state index in [1.54, 1.807) is 0 Å². The molecule has 1 aromatic rings. The van der Waals surface area contributed by atoms with Crippen molar-refractivity contribution in [1.29, 1.82) is 0 Å². The van der Waals surface area contributed by atoms with Gasteiger partial charge in [0.1, 0.15) is 0 Å². The van der Waals surface area contributed by atoms with Crippen LogP contribution in [0.4, 0.5) is 5.69 Å². The van der Waals surface area contributed by atoms with E-state index in [9.17, 15) is 14.4 Å². The lowest BCUT2D eigenvalue weighted by Crippen LogP contribution is -2.34. The number of carbonyl (C=O) groups excluding carboxylic acids is 3. The van der Waals surface area contributed by atoms with Crippen LogP contribution in [0.3, 0.4) is 0 Å². The molecule has 28 heavy (non-hydrogen) atoms. The van der Waals surface area contributed by atoms with Crippen molar-refractivity contribution in [2.45, 2.75) is 58.8 Å². The van der Waals surface area contributed by atoms with E-state index in [1.165, 1.54) is 4.90 Å². The number of rotatable bonds is 6. The minimum Gasteiger partial charge on any atom is -0.326 e. The fourth-order valence-corrected chi connectivity index (χ4v) is 4.20. The first-order valence-corrected chi connectivity index (χ1v) is 10.2. The number of para-hydroxylation sites is 1. The lowest BCUT2D eigenvalue weighted by Gasteiger charge is -2.21. The topological polar surface area (TPSA) is 66.5 Å². The average Bonchev–Trinajstić information content (AvgIpc) is 2.90. The lowest BCUT2D eigenvalue weighted by atomic mass is 9.85. The molecular weight excluding hydrogens is 352 g/mol. The maximum atomic E-state index is 12.7. The van der Waals surface area contributed by atoms with E-state index in [-0.39, 0.29) is 54.4 Å². The van der Waals surface area contributed by atoms with E-state index in [0.29, 0.717) is 12.8 Å². The number of fused-ring (bicyclic) bond motifs is 1. The number of nitrogens with one attached hydrogen (secondary N) is 1. The van der Waals surface area contributed by atoms with E-state index in [1.807, 2.05) is 30.4 Å². The van der Waals surface area contributed by atoms with Crippen LogP contribution < -0.4 is 5.32 Å². The minimum absolute atomic E-state index is 0.119. The van der Waals surface area contributed by atoms with Crippen LogP contribution in [0.5, 0.6) is 0 Å². The highest BCUT2D eigenvalue weighted by atomic mass is 16.2. The summed E-state index contributed by atoms with van der Waals surface area (Å²) in [6.45, 7) is 8.56. The molecule has 1 N–H and O–H groups in total. The zero-order valence-electron chi connectivity index (χ0n) is 17.2. The van der Waals surface area contributed by atoms with Gasteiger partial charge in [0.05, 0.1) is 11.8 Å². The molecule has 1 aliphatic heterocycles. The molecule has 5 heteroatoms. The van der Waals surface area contributed by atoms with Crippen molar-refractivity contribution in [3.05, 3.63) is 41.5 Å². The van der Waals surface area contributed by atoms with Crippen molar-refractivity contribution >= 4 is 23.4 Å². The Labute approximate surface area is 167 Å². The molecule has 0 unspecified atom stereocenters. The smallest absolute Gasteiger partial charge is 0.233 e. The summed E-state index contributed by atoms with van der Waals surface area (Å²) in [6, 6.07) is 6.10. The third-order valence-electron chi connectivity index (χ3n) is 5.80. The summed E-state index contributed by atoms with van der Waals surface area (Å²) in [6.07, 6.45) is 5.31. The Hall–Kier alpha value is -2.43. The number of amides is 3. The first kappa shape index (κ1) is 20.3. The Balaban J connectivity index is 1.69. The van der Waals surface area contributed by atoms with Crippen LogP contribution in [0.25, 0.3) is 0 Å². The van der Waals surface area contributed by atoms with Gasteiger partial charge in [-0.05, 0) is 35.8 Å². The van der Waals surface area contributed by atoms with Gasteiger partial charge in [-0.3, -0.25) is 19.3 Å². The zero-order valence-corrected chi connectivity index (χ0v) is 17.2. The van der Waals surface area contributed by atoms with Crippen molar-refractivity contribution in [2.24, 2.45) is 11.8 Å². The highest BCUT2D eigenvalue weighted by Crippen LogP contribution is 2.35. The number of nitrogens with zero attached hydrogens (tertiary/aromatic N) is 1. The van der Waals surface area contributed by atoms with Crippen molar-refractivity contribution in [3.63, 3.8) is 0 Å². The second kappa shape index (κ2) is 8.29. The third-order valence-corrected chi connectivity index (χ3v) is 5.80. The Kier molecular flexibility index (Phi) is 6.01. The van der Waals surface area contributed by atoms with E-state index >= 15 is 0 Å². The molecule has 3 amide bonds. The third kappa shape index (κ3) is 3.89. The fraction of sp³-hybridized carbons (Fsp3) is 0.522. The first-order valence-electron chi connectivity index (χ1n) is 10.2. The molecule has 2 aliphatic rings. The van der Waals surface area contributed by atoms with Crippen LogP contribution in [0.15, 0.2) is 30.4 Å². The highest BCUT2D eigenvalue weighted by Gasteiger charge is 2.46. The van der Waals surface area contributed by atoms with Crippen molar-refractivity contribution in [1.82, 2.24) is 4.90 Å². The summed E-state index contributed by atoms with van der Waals surface area (Å²) in [5.74, 6) is -0.332. The van der Waals surface area contributed by atoms with Gasteiger partial charge in [-0.1, -0.05) is 58.0 Å². The summed E-state index contributed by atoms with van der Waals surface area (Å²) < 4.78 is 0. The van der Waals surface area contributed by atoms with Gasteiger partial charge >= 0.3 is 0 Å². The largest absolute Gasteiger partial charge is 0.326 e. The molecule has 0 aromatic heterocycles. The molecule has 0 spiro atoms. The summed E-state index contributed by atoms with van der Waals surface area (Å²) in [4.78, 5) is 39.1. The standard InChI is InChI=1S/C23H30N2O3/c1-14(2)16-10-7-11-17(15(3)4)21(16)24-20(26)12-13-25-22(27)18-8-5-6-9-19(18)23(25)28/h5-7,10-11,14-15,18-19H,8-9,12-13H2,1-4H3,(H,24,26)/t18-,19+. The molecular formula is C23H30N2O3. The number of hydrogen-bond donors (Lipinski definition) is 1. The second-order valence-corrected chi connectivity index (χ2v) is 8.40. The molecule has 1 fully saturated rings. The molecule has 1 saturated heterocycles. The number of allylic oxidation sites excluding steroid dienone is 2. The van der Waals surface area contributed by atoms with Gasteiger partial charge in [-0.25, -0.2) is 0 Å². The van der Waals surface area contributed by atoms with Crippen LogP contribution >= 0.6 is 0 Å². The van der Waals surface area contributed by atoms with Crippen molar-refractivity contribution in [2.75, 3.05) is 11.9 Å². The molecule has 2 atom stereocenters. The van der Waals surface area contributed by atoms with Gasteiger partial charge in [0, 0.05) is 18.7 Å². The number of carbonyl (C=O) groups is 3. The second-order valence-electron chi connectivity index (χ2n) is 8.40. The molecule has 150 valence electrons. The van der Waals surface area contributed by atoms with E-state index < -0.39 is 0 Å². The minimum atomic E-state index is -0.241. The predicted molar refractivity (Wildman–Crippen MR) is 110 cm³/mol. The van der Waals surface area contributed by atoms with Gasteiger partial charge in [0.25, 0.3) is 0 Å². The first-order chi connectivity index (χ1) is 13.3. The van der Waals surface area contributed by atoms with Crippen LogP contribution in [0.1, 0.15) is 69.9 Å². The van der Waals surface area contributed by atoms with Crippen molar-refractivity contribution in [3.8, 4) is 0 Å². The fourth-order valence-electron chi connectivity index (χ4n) is 4.20. The number of imide groups is 1. The van der Waals surface area contributed by atoms with Gasteiger partial charge < -0.3 is 5.32 Å². The number of benzene rings is 1. The summed E-state index contributed by atoms with van der Waals surface area (Å²) in [5, 5.41) is 3.06. The summed E-state index contributed by atoms with van der Waals surface area (Å²) >= 11 is 0. The Morgan fingerprint density at radius 2 is 1.50 bits per heavy atom. The summed E-state index contributed by atoms with van der Waals surface area (Å²) in [7, 11) is 0. The molecule has 3 rings (SSSR count). The normalized spacial score (nSPS) is 21.6. The number of likely N-dealkylation sites (tertiary alicyclic amines) is 1. The average molecular weight is 383 g/mol. The Morgan fingerprint density at radius 1 is 1.00 bits per heavy atom. The maximum Gasteiger partial charge on any atom is 0.233 e. The van der Waals surface area contributed by atoms with Crippen LogP contribution in [0.2, 0.25) is 0 Å². The number of anilines is 1. The van der Waals surface area contributed by atoms with Crippen molar-refractivity contribution < 1.29 is 14.4 Å². The van der Waals surface area contributed by atoms with E-state index in [0.717, 1.165) is 16.8 Å². The van der Waals surface area contributed by atoms with Gasteiger partial charge in [0.2, 0.25) is 17.7 Å². The van der Waals surface area contributed by atoms with Crippen LogP contribution in [-0.2, 0) is 14.4 Å². The molecule has 5 nitrogen and oxygen atoms in total. The zero-order chi connectivity index (χ0) is 20.4. The molecule has 0 radical (unpaired) electrons. The monoisotopic (exact) mass is 382 g/mol.